The number of unbranched alkanes of at least 4 members (excludes halogenated alkanes) is 1. The third-order valence-electron chi connectivity index (χ3n) is 12.0. The average Bonchev–Trinajstić information content (AvgIpc) is 3.86. The van der Waals surface area contributed by atoms with E-state index < -0.39 is 32.0 Å². The van der Waals surface area contributed by atoms with Gasteiger partial charge in [0.05, 0.1) is 48.3 Å². The van der Waals surface area contributed by atoms with Gasteiger partial charge in [-0.3, -0.25) is 19.2 Å². The summed E-state index contributed by atoms with van der Waals surface area (Å²) in [6.07, 6.45) is 5.33. The van der Waals surface area contributed by atoms with Gasteiger partial charge in [0.1, 0.15) is 5.75 Å². The first-order valence-corrected chi connectivity index (χ1v) is 23.5. The molecule has 1 fully saturated rings. The molecule has 3 aromatic carbocycles. The number of carbonyl (C=O) groups is 2. The van der Waals surface area contributed by atoms with Gasteiger partial charge >= 0.3 is 0 Å². The first kappa shape index (κ1) is 41.5. The number of nitrogens with one attached hydrogen (secondary N) is 1. The fraction of sp³-hybridized carbons (Fsp3) is 0.455. The van der Waals surface area contributed by atoms with Crippen molar-refractivity contribution in [2.75, 3.05) is 42.7 Å². The van der Waals surface area contributed by atoms with Crippen LogP contribution in [0.5, 0.6) is 5.75 Å². The van der Waals surface area contributed by atoms with E-state index in [0.29, 0.717) is 61.6 Å². The van der Waals surface area contributed by atoms with Crippen LogP contribution in [0.4, 0.5) is 17.1 Å². The molecule has 0 radical (unpaired) electrons. The van der Waals surface area contributed by atoms with Crippen LogP contribution in [0.15, 0.2) is 85.6 Å². The third kappa shape index (κ3) is 7.64. The van der Waals surface area contributed by atoms with Crippen molar-refractivity contribution >= 4 is 37.2 Å². The molecular formula is C44H56N6O7Si. The van der Waals surface area contributed by atoms with E-state index >= 15 is 0 Å². The molecule has 308 valence electrons. The van der Waals surface area contributed by atoms with Crippen molar-refractivity contribution in [3.8, 4) is 5.75 Å². The van der Waals surface area contributed by atoms with Crippen molar-refractivity contribution in [2.45, 2.75) is 88.4 Å². The summed E-state index contributed by atoms with van der Waals surface area (Å²) in [5.74, 6) is -0.351. The molecule has 58 heavy (non-hydrogen) atoms. The topological polar surface area (TPSA) is 163 Å². The molecule has 2 unspecified atom stereocenters. The number of benzene rings is 3. The highest BCUT2D eigenvalue weighted by Crippen LogP contribution is 2.60. The van der Waals surface area contributed by atoms with Crippen molar-refractivity contribution in [1.29, 1.82) is 0 Å². The number of amides is 2. The predicted octanol–water partition coefficient (Wildman–Crippen LogP) is 5.17. The molecule has 0 bridgehead atoms. The molecule has 7 rings (SSSR count). The molecule has 3 aliphatic heterocycles. The summed E-state index contributed by atoms with van der Waals surface area (Å²) in [7, 11) is -2.98. The maximum Gasteiger partial charge on any atom is 0.264 e. The Labute approximate surface area is 341 Å². The highest BCUT2D eigenvalue weighted by Gasteiger charge is 2.66. The Balaban J connectivity index is 1.24. The molecule has 4 aromatic rings. The molecule has 6 atom stereocenters. The molecule has 3 aliphatic rings. The first-order valence-electron chi connectivity index (χ1n) is 20.4. The number of fused-ring (bicyclic) bond motifs is 3. The van der Waals surface area contributed by atoms with E-state index in [1.54, 1.807) is 20.6 Å². The van der Waals surface area contributed by atoms with Crippen molar-refractivity contribution < 1.29 is 34.1 Å². The summed E-state index contributed by atoms with van der Waals surface area (Å²) in [6, 6.07) is 20.6. The number of hydrogen-bond acceptors (Lipinski definition) is 10. The summed E-state index contributed by atoms with van der Waals surface area (Å²) >= 11 is 0. The van der Waals surface area contributed by atoms with Crippen LogP contribution in [-0.4, -0.2) is 95.2 Å². The lowest BCUT2D eigenvalue weighted by atomic mass is 9.82. The summed E-state index contributed by atoms with van der Waals surface area (Å²) in [5.41, 5.74) is 3.48. The number of carbonyl (C=O) groups excluding carboxylic acids is 2. The largest absolute Gasteiger partial charge is 0.494 e. The molecule has 4 N–H and O–H groups in total. The standard InChI is InChI=1S/C44H56N6O7Si/c1-6-21-49-39-17-15-32(50-38-18-16-33(56-7-2)24-31(38)25-36(42(50)53)45-20-11-12-23-51)26-35(39)44(43(49)54)29(3)41(58(4,5)55)40(57-44)19-22-48-27-37(46-47-48)34(28-52)30-13-9-8-10-14-30/h6,8-10,13-18,24,26-27,29,34,36,40-41,45,51-52,55H,1,7,11-12,19-23,25,28H2,2-5H3/t29-,34?,36?,40+,41-,44+/m0/s1. The summed E-state index contributed by atoms with van der Waals surface area (Å²) in [6.45, 7) is 13.4. The Bertz CT molecular complexity index is 2110. The van der Waals surface area contributed by atoms with Crippen LogP contribution in [0, 0.1) is 5.92 Å². The molecule has 1 saturated heterocycles. The van der Waals surface area contributed by atoms with Crippen molar-refractivity contribution in [3.05, 3.63) is 108 Å². The van der Waals surface area contributed by atoms with E-state index in [1.165, 1.54) is 0 Å². The van der Waals surface area contributed by atoms with E-state index in [0.717, 1.165) is 29.0 Å². The average molecular weight is 809 g/mol. The van der Waals surface area contributed by atoms with E-state index in [1.807, 2.05) is 99.9 Å². The van der Waals surface area contributed by atoms with Gasteiger partial charge in [-0.25, -0.2) is 0 Å². The molecular weight excluding hydrogens is 753 g/mol. The number of nitrogens with zero attached hydrogens (tertiary/aromatic N) is 5. The Kier molecular flexibility index (Phi) is 12.3. The maximum absolute atomic E-state index is 14.9. The number of aromatic nitrogens is 3. The first-order chi connectivity index (χ1) is 28.0. The van der Waals surface area contributed by atoms with Crippen LogP contribution in [0.25, 0.3) is 0 Å². The monoisotopic (exact) mass is 808 g/mol. The van der Waals surface area contributed by atoms with Crippen molar-refractivity contribution in [2.24, 2.45) is 5.92 Å². The zero-order chi connectivity index (χ0) is 41.2. The summed E-state index contributed by atoms with van der Waals surface area (Å²) in [5, 5.41) is 31.8. The van der Waals surface area contributed by atoms with Gasteiger partial charge in [-0.1, -0.05) is 48.5 Å². The van der Waals surface area contributed by atoms with Crippen LogP contribution in [0.3, 0.4) is 0 Å². The Hall–Kier alpha value is -4.70. The Morgan fingerprint density at radius 3 is 2.57 bits per heavy atom. The highest BCUT2D eigenvalue weighted by atomic mass is 28.4. The molecule has 1 spiro atoms. The van der Waals surface area contributed by atoms with Gasteiger partial charge in [-0.2, -0.15) is 0 Å². The molecule has 0 aliphatic carbocycles. The van der Waals surface area contributed by atoms with Gasteiger partial charge < -0.3 is 34.7 Å². The Morgan fingerprint density at radius 2 is 1.86 bits per heavy atom. The number of aliphatic hydroxyl groups is 2. The number of aliphatic hydroxyl groups excluding tert-OH is 2. The smallest absolute Gasteiger partial charge is 0.264 e. The molecule has 0 saturated carbocycles. The second kappa shape index (κ2) is 17.3. The number of aryl methyl sites for hydroxylation is 1. The summed E-state index contributed by atoms with van der Waals surface area (Å²) < 4.78 is 14.7. The number of ether oxygens (including phenoxy) is 2. The van der Waals surface area contributed by atoms with Gasteiger partial charge in [-0.05, 0) is 99.8 Å². The molecule has 1 aromatic heterocycles. The highest BCUT2D eigenvalue weighted by molar-refractivity contribution is 6.71. The van der Waals surface area contributed by atoms with Gasteiger partial charge in [0.2, 0.25) is 5.91 Å². The van der Waals surface area contributed by atoms with Crippen molar-refractivity contribution in [1.82, 2.24) is 20.3 Å². The normalized spacial score (nSPS) is 23.4. The fourth-order valence-corrected chi connectivity index (χ4v) is 12.0. The van der Waals surface area contributed by atoms with E-state index in [-0.39, 0.29) is 43.0 Å². The second-order valence-electron chi connectivity index (χ2n) is 16.1. The van der Waals surface area contributed by atoms with Crippen LogP contribution >= 0.6 is 0 Å². The zero-order valence-electron chi connectivity index (χ0n) is 33.9. The minimum absolute atomic E-state index is 0.0881. The van der Waals surface area contributed by atoms with Gasteiger partial charge in [0.25, 0.3) is 5.91 Å². The van der Waals surface area contributed by atoms with Crippen LogP contribution < -0.4 is 19.9 Å². The second-order valence-corrected chi connectivity index (χ2v) is 20.1. The van der Waals surface area contributed by atoms with Gasteiger partial charge in [0.15, 0.2) is 13.9 Å². The third-order valence-corrected chi connectivity index (χ3v) is 14.5. The van der Waals surface area contributed by atoms with Gasteiger partial charge in [0, 0.05) is 48.6 Å². The minimum atomic E-state index is -2.98. The Morgan fingerprint density at radius 1 is 1.09 bits per heavy atom. The van der Waals surface area contributed by atoms with Crippen LogP contribution in [0.2, 0.25) is 18.6 Å². The quantitative estimate of drug-likeness (QED) is 0.0636. The van der Waals surface area contributed by atoms with E-state index in [4.69, 9.17) is 9.47 Å². The lowest BCUT2D eigenvalue weighted by Crippen LogP contribution is -2.49. The number of rotatable bonds is 17. The molecule has 4 heterocycles. The minimum Gasteiger partial charge on any atom is -0.494 e. The van der Waals surface area contributed by atoms with Crippen LogP contribution in [0.1, 0.15) is 61.4 Å². The lowest BCUT2D eigenvalue weighted by Gasteiger charge is -2.36. The number of anilines is 3. The summed E-state index contributed by atoms with van der Waals surface area (Å²) in [4.78, 5) is 44.7. The van der Waals surface area contributed by atoms with Crippen LogP contribution in [-0.2, 0) is 32.9 Å². The van der Waals surface area contributed by atoms with E-state index in [2.05, 4.69) is 22.2 Å². The molecule has 13 nitrogen and oxygen atoms in total. The lowest BCUT2D eigenvalue weighted by molar-refractivity contribution is -0.145. The number of hydrogen-bond donors (Lipinski definition) is 4. The van der Waals surface area contributed by atoms with Gasteiger partial charge in [-0.15, -0.1) is 11.7 Å². The molecule has 2 amide bonds. The van der Waals surface area contributed by atoms with E-state index in [9.17, 15) is 24.6 Å². The maximum atomic E-state index is 14.9. The zero-order valence-corrected chi connectivity index (χ0v) is 34.9. The SMILES string of the molecule is C=CCN1C(=O)[C@]2(O[C@H](CCn3cc(C(CO)c4ccccc4)nn3)[C@@H]([Si](C)(C)O)[C@@H]2C)c2cc(N3C(=O)C(NCCCCO)Cc4cc(OCC)ccc43)ccc21. The fourth-order valence-electron chi connectivity index (χ4n) is 9.40. The predicted molar refractivity (Wildman–Crippen MR) is 225 cm³/mol. The van der Waals surface area contributed by atoms with Crippen molar-refractivity contribution in [3.63, 3.8) is 0 Å². The molecule has 14 heteroatoms.